The number of hydrogen-bond donors (Lipinski definition) is 1. The molecule has 0 saturated carbocycles. The maximum atomic E-state index is 9.94. The van der Waals surface area contributed by atoms with Gasteiger partial charge in [-0.3, -0.25) is 4.68 Å². The Balaban J connectivity index is 1.99. The fraction of sp³-hybridized carbons (Fsp3) is 0.500. The highest BCUT2D eigenvalue weighted by atomic mass is 35.5. The van der Waals surface area contributed by atoms with Gasteiger partial charge >= 0.3 is 0 Å². The normalized spacial score (nSPS) is 19.0. The lowest BCUT2D eigenvalue weighted by Crippen LogP contribution is -2.38. The Kier molecular flexibility index (Phi) is 4.36. The molecule has 1 N–H and O–H groups in total. The molecule has 118 valence electrons. The van der Waals surface area contributed by atoms with Crippen molar-refractivity contribution in [1.29, 1.82) is 0 Å². The molecular formula is C16H21ClN4O. The fourth-order valence-corrected chi connectivity index (χ4v) is 2.99. The molecule has 2 aromatic heterocycles. The van der Waals surface area contributed by atoms with E-state index in [1.165, 1.54) is 0 Å². The van der Waals surface area contributed by atoms with Crippen LogP contribution in [0.25, 0.3) is 11.1 Å². The van der Waals surface area contributed by atoms with Gasteiger partial charge in [0.05, 0.1) is 12.3 Å². The minimum atomic E-state index is -0.285. The molecule has 0 bridgehead atoms. The molecule has 0 unspecified atom stereocenters. The highest BCUT2D eigenvalue weighted by molar-refractivity contribution is 6.29. The molecular weight excluding hydrogens is 300 g/mol. The molecule has 22 heavy (non-hydrogen) atoms. The second kappa shape index (κ2) is 6.26. The third-order valence-electron chi connectivity index (χ3n) is 4.03. The molecule has 1 fully saturated rings. The molecule has 0 spiro atoms. The van der Waals surface area contributed by atoms with E-state index in [-0.39, 0.29) is 6.10 Å². The Morgan fingerprint density at radius 2 is 2.18 bits per heavy atom. The predicted octanol–water partition coefficient (Wildman–Crippen LogP) is 3.14. The van der Waals surface area contributed by atoms with Gasteiger partial charge in [-0.25, -0.2) is 4.98 Å². The number of anilines is 1. The number of halogens is 1. The third kappa shape index (κ3) is 3.10. The number of piperidine rings is 1. The van der Waals surface area contributed by atoms with Crippen molar-refractivity contribution in [2.75, 3.05) is 18.0 Å². The number of rotatable bonds is 3. The van der Waals surface area contributed by atoms with Crippen LogP contribution in [0.2, 0.25) is 5.15 Å². The number of hydrogen-bond acceptors (Lipinski definition) is 4. The molecule has 1 aliphatic heterocycles. The first-order chi connectivity index (χ1) is 10.5. The molecule has 1 saturated heterocycles. The van der Waals surface area contributed by atoms with Crippen LogP contribution in [0.1, 0.15) is 32.7 Å². The van der Waals surface area contributed by atoms with Crippen LogP contribution in [0, 0.1) is 0 Å². The highest BCUT2D eigenvalue weighted by Crippen LogP contribution is 2.33. The van der Waals surface area contributed by atoms with Gasteiger partial charge in [0.25, 0.3) is 0 Å². The van der Waals surface area contributed by atoms with E-state index < -0.39 is 0 Å². The van der Waals surface area contributed by atoms with Crippen molar-refractivity contribution < 1.29 is 5.11 Å². The lowest BCUT2D eigenvalue weighted by molar-refractivity contribution is 0.154. The average Bonchev–Trinajstić information content (AvgIpc) is 2.97. The molecule has 3 rings (SSSR count). The maximum absolute atomic E-state index is 9.94. The molecule has 3 heterocycles. The number of aliphatic hydroxyl groups is 1. The monoisotopic (exact) mass is 320 g/mol. The number of aromatic nitrogens is 3. The number of β-amino-alcohol motifs (C(OH)–C–C–N with tert-alkyl or cyclic N) is 1. The van der Waals surface area contributed by atoms with E-state index in [4.69, 9.17) is 11.6 Å². The summed E-state index contributed by atoms with van der Waals surface area (Å²) < 4.78 is 1.93. The lowest BCUT2D eigenvalue weighted by atomic mass is 10.0. The minimum absolute atomic E-state index is 0.285. The van der Waals surface area contributed by atoms with Crippen molar-refractivity contribution in [1.82, 2.24) is 14.8 Å². The summed E-state index contributed by atoms with van der Waals surface area (Å²) in [6, 6.07) is 2.19. The minimum Gasteiger partial charge on any atom is -0.391 e. The second-order valence-electron chi connectivity index (χ2n) is 6.07. The molecule has 2 aromatic rings. The third-order valence-corrected chi connectivity index (χ3v) is 4.23. The molecule has 0 aromatic carbocycles. The van der Waals surface area contributed by atoms with Gasteiger partial charge in [-0.1, -0.05) is 11.6 Å². The first-order valence-corrected chi connectivity index (χ1v) is 8.05. The van der Waals surface area contributed by atoms with Crippen LogP contribution in [0.4, 0.5) is 5.69 Å². The van der Waals surface area contributed by atoms with Crippen molar-refractivity contribution in [2.45, 2.75) is 38.8 Å². The number of pyridine rings is 1. The highest BCUT2D eigenvalue weighted by Gasteiger charge is 2.21. The Morgan fingerprint density at radius 1 is 1.36 bits per heavy atom. The summed E-state index contributed by atoms with van der Waals surface area (Å²) in [7, 11) is 0. The van der Waals surface area contributed by atoms with Crippen molar-refractivity contribution in [3.8, 4) is 11.1 Å². The van der Waals surface area contributed by atoms with Gasteiger partial charge < -0.3 is 10.0 Å². The lowest BCUT2D eigenvalue weighted by Gasteiger charge is -2.33. The van der Waals surface area contributed by atoms with Crippen LogP contribution in [-0.2, 0) is 0 Å². The Labute approximate surface area is 135 Å². The summed E-state index contributed by atoms with van der Waals surface area (Å²) in [5, 5.41) is 14.8. The van der Waals surface area contributed by atoms with E-state index in [0.717, 1.165) is 36.2 Å². The van der Waals surface area contributed by atoms with Crippen molar-refractivity contribution in [3.05, 3.63) is 29.8 Å². The number of aliphatic hydroxyl groups excluding tert-OH is 1. The first-order valence-electron chi connectivity index (χ1n) is 7.67. The molecule has 5 nitrogen and oxygen atoms in total. The largest absolute Gasteiger partial charge is 0.391 e. The van der Waals surface area contributed by atoms with E-state index in [2.05, 4.69) is 28.8 Å². The average molecular weight is 321 g/mol. The Morgan fingerprint density at radius 3 is 2.86 bits per heavy atom. The molecule has 1 atom stereocenters. The molecule has 0 aliphatic carbocycles. The van der Waals surface area contributed by atoms with Gasteiger partial charge in [0.1, 0.15) is 5.15 Å². The van der Waals surface area contributed by atoms with Gasteiger partial charge in [0, 0.05) is 48.3 Å². The molecule has 0 radical (unpaired) electrons. The van der Waals surface area contributed by atoms with Crippen LogP contribution in [0.3, 0.4) is 0 Å². The van der Waals surface area contributed by atoms with E-state index in [1.54, 1.807) is 6.20 Å². The fourth-order valence-electron chi connectivity index (χ4n) is 2.84. The Hall–Kier alpha value is -1.59. The maximum Gasteiger partial charge on any atom is 0.131 e. The van der Waals surface area contributed by atoms with E-state index in [0.29, 0.717) is 17.7 Å². The zero-order valence-electron chi connectivity index (χ0n) is 12.9. The van der Waals surface area contributed by atoms with Gasteiger partial charge in [-0.05, 0) is 32.8 Å². The summed E-state index contributed by atoms with van der Waals surface area (Å²) in [6.45, 7) is 5.74. The van der Waals surface area contributed by atoms with Crippen LogP contribution in [0.5, 0.6) is 0 Å². The van der Waals surface area contributed by atoms with E-state index >= 15 is 0 Å². The van der Waals surface area contributed by atoms with Gasteiger partial charge in [0.15, 0.2) is 0 Å². The van der Waals surface area contributed by atoms with E-state index in [1.807, 2.05) is 23.1 Å². The zero-order chi connectivity index (χ0) is 15.7. The smallest absolute Gasteiger partial charge is 0.131 e. The number of nitrogens with zero attached hydrogens (tertiary/aromatic N) is 4. The van der Waals surface area contributed by atoms with Gasteiger partial charge in [0.2, 0.25) is 0 Å². The summed E-state index contributed by atoms with van der Waals surface area (Å²) in [5.74, 6) is 0. The van der Waals surface area contributed by atoms with Gasteiger partial charge in [-0.15, -0.1) is 0 Å². The summed E-state index contributed by atoms with van der Waals surface area (Å²) in [4.78, 5) is 6.41. The Bertz CT molecular complexity index is 655. The van der Waals surface area contributed by atoms with Crippen LogP contribution >= 0.6 is 11.6 Å². The van der Waals surface area contributed by atoms with Crippen LogP contribution in [0.15, 0.2) is 24.7 Å². The van der Waals surface area contributed by atoms with E-state index in [9.17, 15) is 5.11 Å². The van der Waals surface area contributed by atoms with Crippen molar-refractivity contribution >= 4 is 17.3 Å². The zero-order valence-corrected chi connectivity index (χ0v) is 13.7. The molecule has 0 amide bonds. The van der Waals surface area contributed by atoms with Crippen molar-refractivity contribution in [3.63, 3.8) is 0 Å². The quantitative estimate of drug-likeness (QED) is 0.883. The molecule has 6 heteroatoms. The van der Waals surface area contributed by atoms with Crippen LogP contribution < -0.4 is 4.90 Å². The topological polar surface area (TPSA) is 54.2 Å². The van der Waals surface area contributed by atoms with Gasteiger partial charge in [-0.2, -0.15) is 5.10 Å². The van der Waals surface area contributed by atoms with Crippen molar-refractivity contribution in [2.24, 2.45) is 0 Å². The predicted molar refractivity (Wildman–Crippen MR) is 88.3 cm³/mol. The molecule has 1 aliphatic rings. The SMILES string of the molecule is CC(C)n1cc(-c2cnc(Cl)cc2N2CCC[C@H](O)C2)cn1. The second-order valence-corrected chi connectivity index (χ2v) is 6.46. The van der Waals surface area contributed by atoms with Crippen LogP contribution in [-0.4, -0.2) is 39.1 Å². The summed E-state index contributed by atoms with van der Waals surface area (Å²) >= 11 is 6.09. The standard InChI is InChI=1S/C16H21ClN4O/c1-11(2)21-9-12(7-19-21)14-8-18-16(17)6-15(14)20-5-3-4-13(22)10-20/h6-9,11,13,22H,3-5,10H2,1-2H3/t13-/m0/s1. The summed E-state index contributed by atoms with van der Waals surface area (Å²) in [5.41, 5.74) is 3.04. The summed E-state index contributed by atoms with van der Waals surface area (Å²) in [6.07, 6.45) is 7.22. The first kappa shape index (κ1) is 15.3.